The molecule has 0 aliphatic carbocycles. The van der Waals surface area contributed by atoms with Gasteiger partial charge in [-0.15, -0.1) is 0 Å². The van der Waals surface area contributed by atoms with Gasteiger partial charge in [-0.3, -0.25) is 4.79 Å². The molecule has 1 saturated heterocycles. The summed E-state index contributed by atoms with van der Waals surface area (Å²) in [6, 6.07) is 8.57. The van der Waals surface area contributed by atoms with E-state index in [0.717, 1.165) is 32.5 Å². The van der Waals surface area contributed by atoms with E-state index in [2.05, 4.69) is 51.0 Å². The van der Waals surface area contributed by atoms with Crippen molar-refractivity contribution in [1.29, 1.82) is 0 Å². The number of aldehydes is 1. The first-order chi connectivity index (χ1) is 10.3. The minimum atomic E-state index is 0.511. The topological polar surface area (TPSA) is 49.3 Å². The first-order valence-electron chi connectivity index (χ1n) is 7.10. The minimum Gasteiger partial charge on any atom is -0.368 e. The predicted molar refractivity (Wildman–Crippen MR) is 83.0 cm³/mol. The zero-order chi connectivity index (χ0) is 14.7. The van der Waals surface area contributed by atoms with Gasteiger partial charge in [-0.1, -0.05) is 12.1 Å². The molecule has 0 bridgehead atoms. The summed E-state index contributed by atoms with van der Waals surface area (Å²) in [6.07, 6.45) is 3.91. The molecule has 5 nitrogen and oxygen atoms in total. The Labute approximate surface area is 124 Å². The van der Waals surface area contributed by atoms with Gasteiger partial charge in [-0.05, 0) is 24.6 Å². The Balaban J connectivity index is 1.65. The van der Waals surface area contributed by atoms with Gasteiger partial charge in [0.2, 0.25) is 5.95 Å². The number of hydrogen-bond acceptors (Lipinski definition) is 5. The van der Waals surface area contributed by atoms with Gasteiger partial charge < -0.3 is 9.80 Å². The Morgan fingerprint density at radius 3 is 2.33 bits per heavy atom. The summed E-state index contributed by atoms with van der Waals surface area (Å²) < 4.78 is 0. The van der Waals surface area contributed by atoms with Crippen LogP contribution in [-0.4, -0.2) is 42.4 Å². The Morgan fingerprint density at radius 1 is 1.05 bits per heavy atom. The lowest BCUT2D eigenvalue weighted by molar-refractivity contribution is 0.112. The number of carbonyl (C=O) groups excluding carboxylic acids is 1. The van der Waals surface area contributed by atoms with Gasteiger partial charge in [0.25, 0.3) is 0 Å². The Hall–Kier alpha value is -2.43. The monoisotopic (exact) mass is 282 g/mol. The number of hydrogen-bond donors (Lipinski definition) is 0. The third-order valence-electron chi connectivity index (χ3n) is 3.72. The predicted octanol–water partition coefficient (Wildman–Crippen LogP) is 1.92. The summed E-state index contributed by atoms with van der Waals surface area (Å²) in [5.74, 6) is 0.699. The van der Waals surface area contributed by atoms with Gasteiger partial charge in [-0.25, -0.2) is 9.97 Å². The molecule has 0 N–H and O–H groups in total. The van der Waals surface area contributed by atoms with E-state index < -0.39 is 0 Å². The molecule has 108 valence electrons. The first kappa shape index (κ1) is 13.5. The second-order valence-corrected chi connectivity index (χ2v) is 5.25. The average molecular weight is 282 g/mol. The molecule has 0 amide bonds. The molecule has 2 heterocycles. The average Bonchev–Trinajstić information content (AvgIpc) is 2.55. The van der Waals surface area contributed by atoms with E-state index in [0.29, 0.717) is 11.5 Å². The van der Waals surface area contributed by atoms with Crippen LogP contribution in [0.15, 0.2) is 36.7 Å². The summed E-state index contributed by atoms with van der Waals surface area (Å²) in [7, 11) is 0. The fraction of sp³-hybridized carbons (Fsp3) is 0.312. The Bertz CT molecular complexity index is 618. The highest BCUT2D eigenvalue weighted by molar-refractivity contribution is 5.73. The maximum atomic E-state index is 10.6. The van der Waals surface area contributed by atoms with E-state index in [9.17, 15) is 4.79 Å². The fourth-order valence-electron chi connectivity index (χ4n) is 2.54. The molecule has 1 fully saturated rings. The van der Waals surface area contributed by atoms with Gasteiger partial charge in [0.15, 0.2) is 6.29 Å². The largest absolute Gasteiger partial charge is 0.368 e. The van der Waals surface area contributed by atoms with E-state index in [1.807, 2.05) is 0 Å². The molecular formula is C16H18N4O. The Kier molecular flexibility index (Phi) is 3.81. The lowest BCUT2D eigenvalue weighted by Gasteiger charge is -2.36. The van der Waals surface area contributed by atoms with Crippen LogP contribution >= 0.6 is 0 Å². The van der Waals surface area contributed by atoms with Crippen LogP contribution in [0.2, 0.25) is 0 Å². The number of nitrogens with zero attached hydrogens (tertiary/aromatic N) is 4. The van der Waals surface area contributed by atoms with Gasteiger partial charge in [0.1, 0.15) is 0 Å². The summed E-state index contributed by atoms with van der Waals surface area (Å²) in [5.41, 5.74) is 3.06. The lowest BCUT2D eigenvalue weighted by Crippen LogP contribution is -2.47. The number of benzene rings is 1. The lowest BCUT2D eigenvalue weighted by atomic mass is 10.2. The third kappa shape index (κ3) is 3.02. The highest BCUT2D eigenvalue weighted by atomic mass is 16.1. The van der Waals surface area contributed by atoms with Crippen LogP contribution in [0.4, 0.5) is 11.6 Å². The maximum absolute atomic E-state index is 10.6. The van der Waals surface area contributed by atoms with E-state index in [1.165, 1.54) is 11.3 Å². The van der Waals surface area contributed by atoms with Crippen molar-refractivity contribution in [2.24, 2.45) is 0 Å². The third-order valence-corrected chi connectivity index (χ3v) is 3.72. The standard InChI is InChI=1S/C16H18N4O/c1-13-3-2-4-15(9-13)19-5-7-20(8-6-19)16-17-10-14(12-21)11-18-16/h2-4,9-12H,5-8H2,1H3. The van der Waals surface area contributed by atoms with Gasteiger partial charge >= 0.3 is 0 Å². The molecule has 0 saturated carbocycles. The van der Waals surface area contributed by atoms with Crippen LogP contribution in [0, 0.1) is 6.92 Å². The van der Waals surface area contributed by atoms with Crippen molar-refractivity contribution < 1.29 is 4.79 Å². The molecule has 1 aromatic carbocycles. The van der Waals surface area contributed by atoms with Crippen LogP contribution in [0.5, 0.6) is 0 Å². The van der Waals surface area contributed by atoms with Crippen molar-refractivity contribution in [1.82, 2.24) is 9.97 Å². The van der Waals surface area contributed by atoms with E-state index in [1.54, 1.807) is 12.4 Å². The number of aryl methyl sites for hydroxylation is 1. The molecule has 5 heteroatoms. The molecule has 1 aromatic heterocycles. The summed E-state index contributed by atoms with van der Waals surface area (Å²) >= 11 is 0. The molecule has 1 aliphatic rings. The fourth-order valence-corrected chi connectivity index (χ4v) is 2.54. The van der Waals surface area contributed by atoms with Crippen LogP contribution < -0.4 is 9.80 Å². The molecule has 1 aliphatic heterocycles. The number of carbonyl (C=O) groups is 1. The van der Waals surface area contributed by atoms with E-state index in [4.69, 9.17) is 0 Å². The van der Waals surface area contributed by atoms with Crippen LogP contribution in [-0.2, 0) is 0 Å². The second-order valence-electron chi connectivity index (χ2n) is 5.25. The summed E-state index contributed by atoms with van der Waals surface area (Å²) in [6.45, 7) is 5.77. The van der Waals surface area contributed by atoms with Crippen molar-refractivity contribution in [3.8, 4) is 0 Å². The normalized spacial score (nSPS) is 15.1. The van der Waals surface area contributed by atoms with Crippen molar-refractivity contribution in [2.75, 3.05) is 36.0 Å². The molecule has 21 heavy (non-hydrogen) atoms. The summed E-state index contributed by atoms with van der Waals surface area (Å²) in [4.78, 5) is 23.7. The molecular weight excluding hydrogens is 264 g/mol. The maximum Gasteiger partial charge on any atom is 0.225 e. The zero-order valence-electron chi connectivity index (χ0n) is 12.1. The van der Waals surface area contributed by atoms with Crippen LogP contribution in [0.25, 0.3) is 0 Å². The van der Waals surface area contributed by atoms with Crippen molar-refractivity contribution in [2.45, 2.75) is 6.92 Å². The van der Waals surface area contributed by atoms with Crippen LogP contribution in [0.1, 0.15) is 15.9 Å². The highest BCUT2D eigenvalue weighted by Gasteiger charge is 2.19. The summed E-state index contributed by atoms with van der Waals surface area (Å²) in [5, 5.41) is 0. The number of anilines is 2. The smallest absolute Gasteiger partial charge is 0.225 e. The SMILES string of the molecule is Cc1cccc(N2CCN(c3ncc(C=O)cn3)CC2)c1. The number of rotatable bonds is 3. The van der Waals surface area contributed by atoms with Crippen molar-refractivity contribution >= 4 is 17.9 Å². The molecule has 2 aromatic rings. The van der Waals surface area contributed by atoms with Gasteiger partial charge in [-0.2, -0.15) is 0 Å². The quantitative estimate of drug-likeness (QED) is 0.805. The molecule has 0 radical (unpaired) electrons. The van der Waals surface area contributed by atoms with E-state index in [-0.39, 0.29) is 0 Å². The van der Waals surface area contributed by atoms with Crippen LogP contribution in [0.3, 0.4) is 0 Å². The van der Waals surface area contributed by atoms with Gasteiger partial charge in [0.05, 0.1) is 5.56 Å². The molecule has 0 unspecified atom stereocenters. The molecule has 0 spiro atoms. The second kappa shape index (κ2) is 5.91. The Morgan fingerprint density at radius 2 is 1.71 bits per heavy atom. The van der Waals surface area contributed by atoms with E-state index >= 15 is 0 Å². The molecule has 0 atom stereocenters. The van der Waals surface area contributed by atoms with Crippen molar-refractivity contribution in [3.63, 3.8) is 0 Å². The van der Waals surface area contributed by atoms with Gasteiger partial charge in [0, 0.05) is 44.3 Å². The number of piperazine rings is 1. The minimum absolute atomic E-state index is 0.511. The van der Waals surface area contributed by atoms with Crippen molar-refractivity contribution in [3.05, 3.63) is 47.8 Å². The number of aromatic nitrogens is 2. The zero-order valence-corrected chi connectivity index (χ0v) is 12.1. The highest BCUT2D eigenvalue weighted by Crippen LogP contribution is 2.19. The first-order valence-corrected chi connectivity index (χ1v) is 7.10. The molecule has 3 rings (SSSR count).